The zero-order valence-electron chi connectivity index (χ0n) is 32.0. The second-order valence-corrected chi connectivity index (χ2v) is 13.1. The molecule has 3 aromatic carbocycles. The minimum atomic E-state index is -1.09. The van der Waals surface area contributed by atoms with Crippen molar-refractivity contribution in [2.24, 2.45) is 0 Å². The first-order chi connectivity index (χ1) is 26.5. The molecule has 11 heteroatoms. The average Bonchev–Trinajstić information content (AvgIpc) is 3.52. The smallest absolute Gasteiger partial charge is 0.363 e. The molecular weight excluding hydrogens is 690 g/mol. The maximum Gasteiger partial charge on any atom is 0.363 e. The number of hydrogen-bond donors (Lipinski definition) is 0. The van der Waals surface area contributed by atoms with Crippen molar-refractivity contribution in [1.82, 2.24) is 5.06 Å². The van der Waals surface area contributed by atoms with Gasteiger partial charge in [0.15, 0.2) is 0 Å². The molecule has 1 fully saturated rings. The number of imide groups is 1. The maximum absolute atomic E-state index is 12.9. The van der Waals surface area contributed by atoms with E-state index in [0.717, 1.165) is 29.7 Å². The van der Waals surface area contributed by atoms with Crippen LogP contribution < -0.4 is 4.74 Å². The minimum absolute atomic E-state index is 0.0191. The average molecular weight is 748 g/mol. The molecule has 1 aliphatic rings. The number of methoxy groups -OCH3 is 1. The SMILES string of the molecule is CCCCCCCCCCOCCOCCOCCOCCOC(c1ccccc1)(c1ccc(OC)cc1)c1ccc(C(=O)ON2C(=O)CCC2=O)cc1. The lowest BCUT2D eigenvalue weighted by Gasteiger charge is -2.36. The van der Waals surface area contributed by atoms with Gasteiger partial charge in [0.2, 0.25) is 0 Å². The van der Waals surface area contributed by atoms with E-state index in [1.807, 2.05) is 54.6 Å². The van der Waals surface area contributed by atoms with Gasteiger partial charge >= 0.3 is 5.97 Å². The fourth-order valence-electron chi connectivity index (χ4n) is 6.24. The molecule has 0 saturated carbocycles. The van der Waals surface area contributed by atoms with Gasteiger partial charge in [-0.2, -0.15) is 0 Å². The van der Waals surface area contributed by atoms with Crippen molar-refractivity contribution in [3.63, 3.8) is 0 Å². The van der Waals surface area contributed by atoms with Crippen molar-refractivity contribution in [3.05, 3.63) is 101 Å². The molecule has 1 atom stereocenters. The third-order valence-corrected chi connectivity index (χ3v) is 9.19. The summed E-state index contributed by atoms with van der Waals surface area (Å²) in [7, 11) is 1.61. The van der Waals surface area contributed by atoms with E-state index in [2.05, 4.69) is 6.92 Å². The van der Waals surface area contributed by atoms with Crippen LogP contribution in [0.2, 0.25) is 0 Å². The van der Waals surface area contributed by atoms with E-state index >= 15 is 0 Å². The molecule has 0 bridgehead atoms. The first-order valence-electron chi connectivity index (χ1n) is 19.3. The Morgan fingerprint density at radius 2 is 1.04 bits per heavy atom. The number of carbonyl (C=O) groups is 3. The van der Waals surface area contributed by atoms with Crippen molar-refractivity contribution in [1.29, 1.82) is 0 Å². The number of rotatable bonds is 28. The van der Waals surface area contributed by atoms with Gasteiger partial charge in [0.1, 0.15) is 11.4 Å². The van der Waals surface area contributed by atoms with Gasteiger partial charge in [-0.25, -0.2) is 4.79 Å². The molecule has 1 aliphatic heterocycles. The Morgan fingerprint density at radius 3 is 1.57 bits per heavy atom. The number of ether oxygens (including phenoxy) is 6. The van der Waals surface area contributed by atoms with E-state index in [9.17, 15) is 14.4 Å². The summed E-state index contributed by atoms with van der Waals surface area (Å²) in [5.74, 6) is -1.18. The van der Waals surface area contributed by atoms with Gasteiger partial charge in [0.25, 0.3) is 11.8 Å². The second kappa shape index (κ2) is 24.3. The van der Waals surface area contributed by atoms with Crippen LogP contribution in [0.25, 0.3) is 0 Å². The number of amides is 2. The molecular formula is C43H57NO10. The van der Waals surface area contributed by atoms with E-state index < -0.39 is 23.4 Å². The van der Waals surface area contributed by atoms with Crippen LogP contribution in [0.15, 0.2) is 78.9 Å². The van der Waals surface area contributed by atoms with Gasteiger partial charge < -0.3 is 33.3 Å². The van der Waals surface area contributed by atoms with Gasteiger partial charge in [0, 0.05) is 19.4 Å². The molecule has 1 saturated heterocycles. The molecule has 0 radical (unpaired) electrons. The summed E-state index contributed by atoms with van der Waals surface area (Å²) in [5, 5.41) is 0.541. The highest BCUT2D eigenvalue weighted by Crippen LogP contribution is 2.41. The van der Waals surface area contributed by atoms with Gasteiger partial charge in [-0.15, -0.1) is 5.06 Å². The number of unbranched alkanes of at least 4 members (excludes halogenated alkanes) is 7. The molecule has 2 amide bonds. The predicted octanol–water partition coefficient (Wildman–Crippen LogP) is 7.43. The number of carbonyl (C=O) groups excluding carboxylic acids is 3. The fourth-order valence-corrected chi connectivity index (χ4v) is 6.24. The summed E-state index contributed by atoms with van der Waals surface area (Å²) in [6.07, 6.45) is 10.4. The summed E-state index contributed by atoms with van der Waals surface area (Å²) in [6, 6.07) is 24.2. The largest absolute Gasteiger partial charge is 0.497 e. The number of hydroxylamine groups is 2. The van der Waals surface area contributed by atoms with E-state index in [1.54, 1.807) is 31.4 Å². The highest BCUT2D eigenvalue weighted by Gasteiger charge is 2.38. The first-order valence-corrected chi connectivity index (χ1v) is 19.3. The van der Waals surface area contributed by atoms with Crippen molar-refractivity contribution in [2.45, 2.75) is 76.7 Å². The summed E-state index contributed by atoms with van der Waals surface area (Å²) >= 11 is 0. The predicted molar refractivity (Wildman–Crippen MR) is 204 cm³/mol. The highest BCUT2D eigenvalue weighted by molar-refractivity contribution is 6.02. The Labute approximate surface area is 320 Å². The molecule has 1 heterocycles. The Bertz CT molecular complexity index is 1500. The van der Waals surface area contributed by atoms with E-state index in [4.69, 9.17) is 33.3 Å². The molecule has 4 rings (SSSR count). The zero-order chi connectivity index (χ0) is 38.3. The summed E-state index contributed by atoms with van der Waals surface area (Å²) in [4.78, 5) is 42.0. The quantitative estimate of drug-likeness (QED) is 0.0422. The van der Waals surface area contributed by atoms with E-state index in [0.29, 0.717) is 57.1 Å². The van der Waals surface area contributed by atoms with Gasteiger partial charge in [-0.1, -0.05) is 106 Å². The fraction of sp³-hybridized carbons (Fsp3) is 0.512. The Morgan fingerprint density at radius 1 is 0.574 bits per heavy atom. The van der Waals surface area contributed by atoms with Crippen LogP contribution in [0.3, 0.4) is 0 Å². The summed E-state index contributed by atoms with van der Waals surface area (Å²) < 4.78 is 35.1. The van der Waals surface area contributed by atoms with Crippen LogP contribution in [0, 0.1) is 0 Å². The number of nitrogens with zero attached hydrogens (tertiary/aromatic N) is 1. The zero-order valence-corrected chi connectivity index (χ0v) is 32.0. The number of benzene rings is 3. The Kier molecular flexibility index (Phi) is 19.2. The van der Waals surface area contributed by atoms with Crippen LogP contribution in [-0.4, -0.2) is 89.4 Å². The third-order valence-electron chi connectivity index (χ3n) is 9.19. The summed E-state index contributed by atoms with van der Waals surface area (Å²) in [5.41, 5.74) is 1.52. The molecule has 1 unspecified atom stereocenters. The molecule has 54 heavy (non-hydrogen) atoms. The first kappa shape index (κ1) is 42.6. The lowest BCUT2D eigenvalue weighted by Crippen LogP contribution is -2.34. The maximum atomic E-state index is 12.9. The van der Waals surface area contributed by atoms with Gasteiger partial charge in [0.05, 0.1) is 65.5 Å². The van der Waals surface area contributed by atoms with Crippen molar-refractivity contribution in [3.8, 4) is 5.75 Å². The molecule has 0 spiro atoms. The second-order valence-electron chi connectivity index (χ2n) is 13.1. The van der Waals surface area contributed by atoms with Gasteiger partial charge in [-0.05, 0) is 47.4 Å². The van der Waals surface area contributed by atoms with Crippen molar-refractivity contribution in [2.75, 3.05) is 66.6 Å². The summed E-state index contributed by atoms with van der Waals surface area (Å²) in [6.45, 7) is 6.53. The Hall–Kier alpha value is -4.13. The molecule has 0 aromatic heterocycles. The minimum Gasteiger partial charge on any atom is -0.497 e. The lowest BCUT2D eigenvalue weighted by atomic mass is 9.79. The topological polar surface area (TPSA) is 119 Å². The standard InChI is InChI=1S/C43H57NO10/c1-3-4-5-6-7-8-9-13-26-49-27-28-50-29-30-51-31-32-52-33-34-53-43(36-14-11-10-12-15-36,38-20-22-39(48-2)23-21-38)37-18-16-35(17-19-37)42(47)54-44-40(45)24-25-41(44)46/h10-12,14-23H,3-9,13,24-34H2,1-2H3. The van der Waals surface area contributed by atoms with E-state index in [-0.39, 0.29) is 25.0 Å². The molecule has 3 aromatic rings. The van der Waals surface area contributed by atoms with Crippen molar-refractivity contribution < 1.29 is 47.6 Å². The van der Waals surface area contributed by atoms with Crippen LogP contribution in [0.4, 0.5) is 0 Å². The molecule has 0 N–H and O–H groups in total. The number of hydrogen-bond acceptors (Lipinski definition) is 10. The van der Waals surface area contributed by atoms with Crippen LogP contribution in [0.1, 0.15) is 98.2 Å². The van der Waals surface area contributed by atoms with Crippen LogP contribution in [-0.2, 0) is 43.7 Å². The lowest BCUT2D eigenvalue weighted by molar-refractivity contribution is -0.172. The van der Waals surface area contributed by atoms with Crippen LogP contribution in [0.5, 0.6) is 5.75 Å². The molecule has 294 valence electrons. The highest BCUT2D eigenvalue weighted by atomic mass is 16.7. The monoisotopic (exact) mass is 747 g/mol. The Balaban J connectivity index is 1.24. The normalized spacial score (nSPS) is 14.0. The molecule has 0 aliphatic carbocycles. The van der Waals surface area contributed by atoms with Crippen LogP contribution >= 0.6 is 0 Å². The third kappa shape index (κ3) is 13.3. The molecule has 11 nitrogen and oxygen atoms in total. The van der Waals surface area contributed by atoms with Crippen molar-refractivity contribution >= 4 is 17.8 Å². The van der Waals surface area contributed by atoms with E-state index in [1.165, 1.54) is 44.9 Å². The van der Waals surface area contributed by atoms with Gasteiger partial charge in [-0.3, -0.25) is 9.59 Å².